The number of halogens is 4. The van der Waals surface area contributed by atoms with Crippen LogP contribution in [-0.4, -0.2) is 9.67 Å². The molecule has 0 saturated carbocycles. The lowest BCUT2D eigenvalue weighted by Gasteiger charge is -2.00. The molecule has 0 fully saturated rings. The van der Waals surface area contributed by atoms with Gasteiger partial charge in [0.05, 0.1) is 5.88 Å². The molecule has 0 aliphatic carbocycles. The lowest BCUT2D eigenvalue weighted by Crippen LogP contribution is -2.01. The minimum Gasteiger partial charge on any atom is -0.122 e. The quantitative estimate of drug-likeness (QED) is 0.590. The van der Waals surface area contributed by atoms with Gasteiger partial charge in [0.15, 0.2) is 0 Å². The standard InChI is InChI=1S/C8H10.C2H2Cl4/c1-7-5-3-4-6-8(7)2;3-1-2(4,5)6/h3-6H,1-2H3;1H2. The molecule has 0 aliphatic rings. The van der Waals surface area contributed by atoms with Crippen molar-refractivity contribution in [3.8, 4) is 0 Å². The van der Waals surface area contributed by atoms with Gasteiger partial charge < -0.3 is 0 Å². The first kappa shape index (κ1) is 14.4. The van der Waals surface area contributed by atoms with E-state index in [-0.39, 0.29) is 5.88 Å². The Balaban J connectivity index is 0.000000255. The summed E-state index contributed by atoms with van der Waals surface area (Å²) in [5.74, 6) is 0.0394. The Labute approximate surface area is 105 Å². The molecule has 1 aromatic carbocycles. The highest BCUT2D eigenvalue weighted by molar-refractivity contribution is 6.69. The van der Waals surface area contributed by atoms with Crippen LogP contribution in [0, 0.1) is 13.8 Å². The zero-order valence-electron chi connectivity index (χ0n) is 8.03. The maximum absolute atomic E-state index is 5.12. The molecular formula is C10H12Cl4. The molecule has 0 N–H and O–H groups in total. The zero-order valence-corrected chi connectivity index (χ0v) is 11.1. The van der Waals surface area contributed by atoms with Crippen LogP contribution in [0.25, 0.3) is 0 Å². The van der Waals surface area contributed by atoms with Gasteiger partial charge in [0, 0.05) is 0 Å². The molecule has 0 amide bonds. The second kappa shape index (κ2) is 6.79. The van der Waals surface area contributed by atoms with E-state index < -0.39 is 3.79 Å². The molecule has 4 heteroatoms. The summed E-state index contributed by atoms with van der Waals surface area (Å²) in [5.41, 5.74) is 2.74. The Bertz CT molecular complexity index is 244. The molecule has 0 unspecified atom stereocenters. The van der Waals surface area contributed by atoms with Crippen LogP contribution in [0.15, 0.2) is 24.3 Å². The van der Waals surface area contributed by atoms with Crippen molar-refractivity contribution in [1.29, 1.82) is 0 Å². The van der Waals surface area contributed by atoms with Crippen molar-refractivity contribution in [2.45, 2.75) is 17.6 Å². The summed E-state index contributed by atoms with van der Waals surface area (Å²) in [4.78, 5) is 0. The lowest BCUT2D eigenvalue weighted by atomic mass is 10.1. The number of hydrogen-bond acceptors (Lipinski definition) is 0. The van der Waals surface area contributed by atoms with E-state index in [2.05, 4.69) is 38.1 Å². The molecule has 80 valence electrons. The van der Waals surface area contributed by atoms with E-state index in [1.54, 1.807) is 0 Å². The molecule has 0 heterocycles. The topological polar surface area (TPSA) is 0 Å². The van der Waals surface area contributed by atoms with E-state index in [1.165, 1.54) is 11.1 Å². The average Bonchev–Trinajstić information content (AvgIpc) is 2.10. The molecule has 0 radical (unpaired) electrons. The van der Waals surface area contributed by atoms with Crippen molar-refractivity contribution in [2.75, 3.05) is 5.88 Å². The van der Waals surface area contributed by atoms with E-state index in [9.17, 15) is 0 Å². The third-order valence-corrected chi connectivity index (χ3v) is 2.79. The second-order valence-corrected chi connectivity index (χ2v) is 5.62. The Morgan fingerprint density at radius 2 is 1.29 bits per heavy atom. The first-order chi connectivity index (χ1) is 6.37. The summed E-state index contributed by atoms with van der Waals surface area (Å²) in [6.45, 7) is 4.24. The Hall–Kier alpha value is 0.380. The van der Waals surface area contributed by atoms with Crippen molar-refractivity contribution in [1.82, 2.24) is 0 Å². The summed E-state index contributed by atoms with van der Waals surface area (Å²) in [7, 11) is 0. The second-order valence-electron chi connectivity index (χ2n) is 2.83. The molecule has 0 bridgehead atoms. The molecule has 0 atom stereocenters. The van der Waals surface area contributed by atoms with E-state index in [0.29, 0.717) is 0 Å². The van der Waals surface area contributed by atoms with Gasteiger partial charge in [-0.15, -0.1) is 11.6 Å². The van der Waals surface area contributed by atoms with Gasteiger partial charge in [0.2, 0.25) is 3.79 Å². The fourth-order valence-electron chi connectivity index (χ4n) is 0.663. The third kappa shape index (κ3) is 7.75. The van der Waals surface area contributed by atoms with Crippen molar-refractivity contribution in [3.63, 3.8) is 0 Å². The first-order valence-electron chi connectivity index (χ1n) is 4.02. The molecular weight excluding hydrogens is 262 g/mol. The van der Waals surface area contributed by atoms with Gasteiger partial charge in [0.25, 0.3) is 0 Å². The largest absolute Gasteiger partial charge is 0.203 e. The summed E-state index contributed by atoms with van der Waals surface area (Å²) in [6.07, 6.45) is 0. The van der Waals surface area contributed by atoms with Gasteiger partial charge in [-0.2, -0.15) is 0 Å². The molecule has 0 nitrogen and oxygen atoms in total. The highest BCUT2D eigenvalue weighted by atomic mass is 35.6. The van der Waals surface area contributed by atoms with Crippen LogP contribution in [-0.2, 0) is 0 Å². The summed E-state index contributed by atoms with van der Waals surface area (Å²) < 4.78 is -1.28. The minimum absolute atomic E-state index is 0.0394. The Morgan fingerprint density at radius 3 is 1.43 bits per heavy atom. The van der Waals surface area contributed by atoms with Crippen molar-refractivity contribution in [3.05, 3.63) is 35.4 Å². The molecule has 1 aromatic rings. The van der Waals surface area contributed by atoms with Crippen LogP contribution in [0.3, 0.4) is 0 Å². The van der Waals surface area contributed by atoms with Crippen LogP contribution < -0.4 is 0 Å². The number of rotatable bonds is 0. The normalized spacial score (nSPS) is 10.4. The van der Waals surface area contributed by atoms with Crippen LogP contribution in [0.2, 0.25) is 0 Å². The predicted molar refractivity (Wildman–Crippen MR) is 66.9 cm³/mol. The van der Waals surface area contributed by atoms with E-state index >= 15 is 0 Å². The molecule has 0 saturated heterocycles. The summed E-state index contributed by atoms with van der Waals surface area (Å²) in [5, 5.41) is 0. The van der Waals surface area contributed by atoms with Gasteiger partial charge in [-0.25, -0.2) is 0 Å². The number of aryl methyl sites for hydroxylation is 2. The van der Waals surface area contributed by atoms with Crippen LogP contribution in [0.1, 0.15) is 11.1 Å². The maximum Gasteiger partial charge on any atom is 0.203 e. The van der Waals surface area contributed by atoms with E-state index in [1.807, 2.05) is 0 Å². The Morgan fingerprint density at radius 1 is 1.00 bits per heavy atom. The zero-order chi connectivity index (χ0) is 11.2. The maximum atomic E-state index is 5.12. The average molecular weight is 274 g/mol. The van der Waals surface area contributed by atoms with Gasteiger partial charge in [0.1, 0.15) is 0 Å². The Kier molecular flexibility index (Phi) is 6.97. The molecule has 1 rings (SSSR count). The van der Waals surface area contributed by atoms with Gasteiger partial charge >= 0.3 is 0 Å². The smallest absolute Gasteiger partial charge is 0.122 e. The van der Waals surface area contributed by atoms with Crippen molar-refractivity contribution in [2.24, 2.45) is 0 Å². The number of alkyl halides is 4. The van der Waals surface area contributed by atoms with Crippen LogP contribution in [0.4, 0.5) is 0 Å². The summed E-state index contributed by atoms with van der Waals surface area (Å²) >= 11 is 20.4. The third-order valence-electron chi connectivity index (χ3n) is 1.58. The number of benzene rings is 1. The molecule has 14 heavy (non-hydrogen) atoms. The molecule has 0 spiro atoms. The monoisotopic (exact) mass is 272 g/mol. The highest BCUT2D eigenvalue weighted by Crippen LogP contribution is 2.26. The van der Waals surface area contributed by atoms with Crippen LogP contribution in [0.5, 0.6) is 0 Å². The van der Waals surface area contributed by atoms with Crippen molar-refractivity contribution >= 4 is 46.4 Å². The fourth-order valence-corrected chi connectivity index (χ4v) is 0.663. The van der Waals surface area contributed by atoms with Crippen LogP contribution >= 0.6 is 46.4 Å². The van der Waals surface area contributed by atoms with E-state index in [0.717, 1.165) is 0 Å². The fraction of sp³-hybridized carbons (Fsp3) is 0.400. The predicted octanol–water partition coefficient (Wildman–Crippen LogP) is 4.90. The SMILES string of the molecule is Cc1ccccc1C.ClCC(Cl)(Cl)Cl. The summed E-state index contributed by atoms with van der Waals surface area (Å²) in [6, 6.07) is 8.36. The van der Waals surface area contributed by atoms with E-state index in [4.69, 9.17) is 46.4 Å². The minimum atomic E-state index is -1.28. The van der Waals surface area contributed by atoms with Gasteiger partial charge in [-0.3, -0.25) is 0 Å². The lowest BCUT2D eigenvalue weighted by molar-refractivity contribution is 1.28. The van der Waals surface area contributed by atoms with Gasteiger partial charge in [-0.05, 0) is 25.0 Å². The number of hydrogen-bond donors (Lipinski definition) is 0. The molecule has 0 aromatic heterocycles. The van der Waals surface area contributed by atoms with Crippen molar-refractivity contribution < 1.29 is 0 Å². The first-order valence-corrected chi connectivity index (χ1v) is 5.68. The van der Waals surface area contributed by atoms with Gasteiger partial charge in [-0.1, -0.05) is 59.1 Å². The molecule has 0 aliphatic heterocycles. The highest BCUT2D eigenvalue weighted by Gasteiger charge is 2.16.